The molecule has 3 rings (SSSR count). The molecule has 1 aliphatic rings. The van der Waals surface area contributed by atoms with Crippen LogP contribution in [-0.4, -0.2) is 0 Å². The van der Waals surface area contributed by atoms with Gasteiger partial charge in [-0.25, -0.2) is 0 Å². The molecule has 0 heterocycles. The van der Waals surface area contributed by atoms with E-state index in [0.717, 1.165) is 6.42 Å². The maximum absolute atomic E-state index is 2.33. The second-order valence-electron chi connectivity index (χ2n) is 5.22. The van der Waals surface area contributed by atoms with E-state index in [-0.39, 0.29) is 0 Å². The van der Waals surface area contributed by atoms with E-state index in [9.17, 15) is 0 Å². The van der Waals surface area contributed by atoms with Crippen LogP contribution in [0, 0.1) is 0 Å². The number of hydrogen-bond acceptors (Lipinski definition) is 0. The minimum absolute atomic E-state index is 1.08. The van der Waals surface area contributed by atoms with Crippen LogP contribution in [0.1, 0.15) is 25.8 Å². The number of hydrogen-bond donors (Lipinski definition) is 0. The standard InChI is InChI=1S/C19H18/c1-14-12-17(13-15(14)2)19-11-7-6-10-18(19)16-8-4-3-5-9-16/h3-12H,13H2,1-2H3. The third-order valence-corrected chi connectivity index (χ3v) is 3.88. The maximum atomic E-state index is 2.33. The summed E-state index contributed by atoms with van der Waals surface area (Å²) < 4.78 is 0. The van der Waals surface area contributed by atoms with Crippen molar-refractivity contribution in [3.8, 4) is 11.1 Å². The summed E-state index contributed by atoms with van der Waals surface area (Å²) in [7, 11) is 0. The van der Waals surface area contributed by atoms with E-state index in [2.05, 4.69) is 74.5 Å². The number of allylic oxidation sites excluding steroid dienone is 4. The van der Waals surface area contributed by atoms with Gasteiger partial charge in [0.2, 0.25) is 0 Å². The van der Waals surface area contributed by atoms with Crippen molar-refractivity contribution in [1.82, 2.24) is 0 Å². The lowest BCUT2D eigenvalue weighted by Gasteiger charge is -2.11. The van der Waals surface area contributed by atoms with Gasteiger partial charge in [-0.15, -0.1) is 0 Å². The Morgan fingerprint density at radius 2 is 1.37 bits per heavy atom. The SMILES string of the molecule is CC1=C(C)CC(c2ccccc2-c2ccccc2)=C1. The Morgan fingerprint density at radius 1 is 0.737 bits per heavy atom. The molecule has 0 saturated heterocycles. The first-order chi connectivity index (χ1) is 9.25. The van der Waals surface area contributed by atoms with E-state index >= 15 is 0 Å². The molecule has 2 aromatic rings. The average molecular weight is 246 g/mol. The van der Waals surface area contributed by atoms with Crippen LogP contribution in [0.25, 0.3) is 16.7 Å². The molecule has 0 bridgehead atoms. The minimum Gasteiger partial charge on any atom is -0.0660 e. The van der Waals surface area contributed by atoms with Crippen LogP contribution in [0.2, 0.25) is 0 Å². The van der Waals surface area contributed by atoms with Crippen LogP contribution in [-0.2, 0) is 0 Å². The molecule has 0 N–H and O–H groups in total. The highest BCUT2D eigenvalue weighted by molar-refractivity contribution is 5.84. The highest BCUT2D eigenvalue weighted by atomic mass is 14.2. The third-order valence-electron chi connectivity index (χ3n) is 3.88. The molecule has 1 aliphatic carbocycles. The summed E-state index contributed by atoms with van der Waals surface area (Å²) in [6.07, 6.45) is 3.41. The Morgan fingerprint density at radius 3 is 2.00 bits per heavy atom. The molecule has 94 valence electrons. The van der Waals surface area contributed by atoms with Gasteiger partial charge in [-0.1, -0.05) is 71.8 Å². The first kappa shape index (κ1) is 12.0. The van der Waals surface area contributed by atoms with Gasteiger partial charge in [0.15, 0.2) is 0 Å². The van der Waals surface area contributed by atoms with Crippen molar-refractivity contribution in [2.75, 3.05) is 0 Å². The zero-order chi connectivity index (χ0) is 13.2. The van der Waals surface area contributed by atoms with Crippen LogP contribution >= 0.6 is 0 Å². The van der Waals surface area contributed by atoms with E-state index in [1.54, 1.807) is 0 Å². The molecule has 19 heavy (non-hydrogen) atoms. The Hall–Kier alpha value is -2.08. The fourth-order valence-electron chi connectivity index (χ4n) is 2.67. The zero-order valence-electron chi connectivity index (χ0n) is 11.5. The molecule has 0 amide bonds. The fourth-order valence-corrected chi connectivity index (χ4v) is 2.67. The summed E-state index contributed by atoms with van der Waals surface area (Å²) >= 11 is 0. The lowest BCUT2D eigenvalue weighted by atomic mass is 9.93. The van der Waals surface area contributed by atoms with Crippen LogP contribution < -0.4 is 0 Å². The van der Waals surface area contributed by atoms with Crippen molar-refractivity contribution in [3.63, 3.8) is 0 Å². The van der Waals surface area contributed by atoms with Crippen molar-refractivity contribution in [3.05, 3.63) is 77.4 Å². The molecule has 0 aliphatic heterocycles. The molecule has 2 aromatic carbocycles. The Kier molecular flexibility index (Phi) is 3.08. The molecular formula is C19H18. The molecule has 0 aromatic heterocycles. The van der Waals surface area contributed by atoms with E-state index in [0.29, 0.717) is 0 Å². The van der Waals surface area contributed by atoms with E-state index in [1.807, 2.05) is 0 Å². The number of benzene rings is 2. The summed E-state index contributed by atoms with van der Waals surface area (Å²) in [4.78, 5) is 0. The lowest BCUT2D eigenvalue weighted by molar-refractivity contribution is 1.23. The predicted molar refractivity (Wildman–Crippen MR) is 82.8 cm³/mol. The normalized spacial score (nSPS) is 14.7. The molecule has 0 spiro atoms. The lowest BCUT2D eigenvalue weighted by Crippen LogP contribution is -1.88. The van der Waals surface area contributed by atoms with Gasteiger partial charge in [-0.05, 0) is 42.5 Å². The van der Waals surface area contributed by atoms with Crippen LogP contribution in [0.15, 0.2) is 71.8 Å². The van der Waals surface area contributed by atoms with Gasteiger partial charge in [0.05, 0.1) is 0 Å². The second-order valence-corrected chi connectivity index (χ2v) is 5.22. The van der Waals surface area contributed by atoms with E-state index in [4.69, 9.17) is 0 Å². The fraction of sp³-hybridized carbons (Fsp3) is 0.158. The summed E-state index contributed by atoms with van der Waals surface area (Å²) in [5.74, 6) is 0. The molecule has 0 heteroatoms. The first-order valence-corrected chi connectivity index (χ1v) is 6.77. The van der Waals surface area contributed by atoms with Gasteiger partial charge in [-0.2, -0.15) is 0 Å². The quantitative estimate of drug-likeness (QED) is 0.658. The summed E-state index contributed by atoms with van der Waals surface area (Å²) in [5.41, 5.74) is 8.33. The largest absolute Gasteiger partial charge is 0.0660 e. The Labute approximate surface area is 115 Å². The zero-order valence-corrected chi connectivity index (χ0v) is 11.5. The third kappa shape index (κ3) is 2.26. The molecule has 0 fully saturated rings. The molecule has 0 saturated carbocycles. The first-order valence-electron chi connectivity index (χ1n) is 6.77. The van der Waals surface area contributed by atoms with Crippen molar-refractivity contribution in [2.24, 2.45) is 0 Å². The van der Waals surface area contributed by atoms with Crippen LogP contribution in [0.4, 0.5) is 0 Å². The summed E-state index contributed by atoms with van der Waals surface area (Å²) in [6.45, 7) is 4.43. The van der Waals surface area contributed by atoms with Crippen molar-refractivity contribution >= 4 is 5.57 Å². The van der Waals surface area contributed by atoms with Gasteiger partial charge >= 0.3 is 0 Å². The molecule has 0 radical (unpaired) electrons. The summed E-state index contributed by atoms with van der Waals surface area (Å²) in [5, 5.41) is 0. The summed E-state index contributed by atoms with van der Waals surface area (Å²) in [6, 6.07) is 19.3. The second kappa shape index (κ2) is 4.89. The predicted octanol–water partition coefficient (Wildman–Crippen LogP) is 5.48. The number of rotatable bonds is 2. The van der Waals surface area contributed by atoms with Gasteiger partial charge in [0.25, 0.3) is 0 Å². The molecule has 0 unspecified atom stereocenters. The minimum atomic E-state index is 1.08. The monoisotopic (exact) mass is 246 g/mol. The highest BCUT2D eigenvalue weighted by Crippen LogP contribution is 2.36. The van der Waals surface area contributed by atoms with Gasteiger partial charge < -0.3 is 0 Å². The van der Waals surface area contributed by atoms with Crippen LogP contribution in [0.5, 0.6) is 0 Å². The van der Waals surface area contributed by atoms with Crippen molar-refractivity contribution in [2.45, 2.75) is 20.3 Å². The Bertz CT molecular complexity index is 657. The topological polar surface area (TPSA) is 0 Å². The van der Waals surface area contributed by atoms with Gasteiger partial charge in [0, 0.05) is 0 Å². The Balaban J connectivity index is 2.08. The smallest absolute Gasteiger partial charge is 0.00579 e. The molecular weight excluding hydrogens is 228 g/mol. The van der Waals surface area contributed by atoms with Crippen molar-refractivity contribution in [1.29, 1.82) is 0 Å². The highest BCUT2D eigenvalue weighted by Gasteiger charge is 2.14. The van der Waals surface area contributed by atoms with E-state index < -0.39 is 0 Å². The molecule has 0 nitrogen and oxygen atoms in total. The van der Waals surface area contributed by atoms with Crippen LogP contribution in [0.3, 0.4) is 0 Å². The molecule has 0 atom stereocenters. The van der Waals surface area contributed by atoms with E-state index in [1.165, 1.54) is 33.4 Å². The maximum Gasteiger partial charge on any atom is -0.00579 e. The van der Waals surface area contributed by atoms with Gasteiger partial charge in [0.1, 0.15) is 0 Å². The van der Waals surface area contributed by atoms with Crippen molar-refractivity contribution < 1.29 is 0 Å². The van der Waals surface area contributed by atoms with Gasteiger partial charge in [-0.3, -0.25) is 0 Å². The average Bonchev–Trinajstić information content (AvgIpc) is 2.80.